The molecule has 0 saturated carbocycles. The lowest BCUT2D eigenvalue weighted by Gasteiger charge is -2.27. The summed E-state index contributed by atoms with van der Waals surface area (Å²) in [5, 5.41) is 0. The van der Waals surface area contributed by atoms with E-state index in [0.717, 1.165) is 19.5 Å². The Morgan fingerprint density at radius 1 is 1.75 bits per heavy atom. The smallest absolute Gasteiger partial charge is 0.240 e. The van der Waals surface area contributed by atoms with Crippen molar-refractivity contribution in [3.8, 4) is 12.3 Å². The van der Waals surface area contributed by atoms with E-state index >= 15 is 0 Å². The monoisotopic (exact) mass is 223 g/mol. The van der Waals surface area contributed by atoms with E-state index in [1.807, 2.05) is 0 Å². The van der Waals surface area contributed by atoms with Gasteiger partial charge in [-0.25, -0.2) is 0 Å². The largest absolute Gasteiger partial charge is 0.343 e. The van der Waals surface area contributed by atoms with Crippen molar-refractivity contribution in [2.75, 3.05) is 27.2 Å². The lowest BCUT2D eigenvalue weighted by molar-refractivity contribution is -0.131. The molecule has 2 unspecified atom stereocenters. The molecule has 1 aliphatic heterocycles. The molecule has 0 bridgehead atoms. The molecule has 2 atom stereocenters. The highest BCUT2D eigenvalue weighted by Gasteiger charge is 2.25. The Balaban J connectivity index is 2.42. The summed E-state index contributed by atoms with van der Waals surface area (Å²) < 4.78 is 0. The Labute approximate surface area is 97.8 Å². The average Bonchev–Trinajstić information content (AvgIpc) is 2.63. The summed E-state index contributed by atoms with van der Waals surface area (Å²) in [7, 11) is 3.89. The van der Waals surface area contributed by atoms with Gasteiger partial charge in [-0.15, -0.1) is 12.3 Å². The first-order valence-electron chi connectivity index (χ1n) is 5.70. The van der Waals surface area contributed by atoms with Crippen molar-refractivity contribution in [3.63, 3.8) is 0 Å². The van der Waals surface area contributed by atoms with Crippen LogP contribution in [0.4, 0.5) is 0 Å². The van der Waals surface area contributed by atoms with Crippen LogP contribution in [-0.4, -0.2) is 55.0 Å². The molecule has 0 spiro atoms. The summed E-state index contributed by atoms with van der Waals surface area (Å²) in [6.45, 7) is 1.86. The molecule has 1 fully saturated rings. The number of rotatable bonds is 4. The number of carbonyl (C=O) groups excluding carboxylic acids is 1. The molecule has 0 aromatic rings. The van der Waals surface area contributed by atoms with Crippen molar-refractivity contribution in [2.45, 2.75) is 31.3 Å². The summed E-state index contributed by atoms with van der Waals surface area (Å²) in [6, 6.07) is -0.0892. The highest BCUT2D eigenvalue weighted by atomic mass is 16.2. The number of hydrogen-bond acceptors (Lipinski definition) is 3. The maximum Gasteiger partial charge on any atom is 0.240 e. The Morgan fingerprint density at radius 2 is 2.44 bits per heavy atom. The van der Waals surface area contributed by atoms with Crippen LogP contribution < -0.4 is 5.73 Å². The molecule has 0 aliphatic carbocycles. The van der Waals surface area contributed by atoms with Gasteiger partial charge in [-0.3, -0.25) is 4.79 Å². The van der Waals surface area contributed by atoms with E-state index in [4.69, 9.17) is 12.2 Å². The fourth-order valence-electron chi connectivity index (χ4n) is 2.11. The molecular weight excluding hydrogens is 202 g/mol. The van der Waals surface area contributed by atoms with Gasteiger partial charge in [-0.05, 0) is 26.4 Å². The van der Waals surface area contributed by atoms with Gasteiger partial charge in [0.15, 0.2) is 0 Å². The number of likely N-dealkylation sites (tertiary alicyclic amines) is 1. The third-order valence-electron chi connectivity index (χ3n) is 3.19. The molecular formula is C12H21N3O. The number of nitrogens with zero attached hydrogens (tertiary/aromatic N) is 2. The van der Waals surface area contributed by atoms with E-state index in [0.29, 0.717) is 12.5 Å². The third-order valence-corrected chi connectivity index (χ3v) is 3.19. The quantitative estimate of drug-likeness (QED) is 0.677. The van der Waals surface area contributed by atoms with Crippen LogP contribution in [-0.2, 0) is 4.79 Å². The molecule has 1 heterocycles. The summed E-state index contributed by atoms with van der Waals surface area (Å²) in [5.74, 6) is 2.37. The van der Waals surface area contributed by atoms with Crippen molar-refractivity contribution in [1.82, 2.24) is 9.80 Å². The average molecular weight is 223 g/mol. The number of nitrogens with two attached hydrogens (primary N) is 1. The van der Waals surface area contributed by atoms with E-state index in [9.17, 15) is 4.79 Å². The normalized spacial score (nSPS) is 22.8. The first kappa shape index (κ1) is 13.0. The number of hydrogen-bond donors (Lipinski definition) is 1. The topological polar surface area (TPSA) is 49.6 Å². The Morgan fingerprint density at radius 3 is 2.94 bits per heavy atom. The van der Waals surface area contributed by atoms with Crippen LogP contribution in [0.2, 0.25) is 0 Å². The number of terminal acetylenes is 1. The van der Waals surface area contributed by atoms with Crippen LogP contribution in [0.5, 0.6) is 0 Å². The van der Waals surface area contributed by atoms with Gasteiger partial charge in [0.25, 0.3) is 0 Å². The molecule has 16 heavy (non-hydrogen) atoms. The molecule has 1 rings (SSSR count). The predicted octanol–water partition coefficient (Wildman–Crippen LogP) is -0.110. The zero-order chi connectivity index (χ0) is 12.1. The van der Waals surface area contributed by atoms with Gasteiger partial charge >= 0.3 is 0 Å². The van der Waals surface area contributed by atoms with Gasteiger partial charge in [0.1, 0.15) is 0 Å². The molecule has 0 aromatic heterocycles. The highest BCUT2D eigenvalue weighted by molar-refractivity contribution is 5.81. The first-order chi connectivity index (χ1) is 7.56. The van der Waals surface area contributed by atoms with Crippen molar-refractivity contribution < 1.29 is 4.79 Å². The van der Waals surface area contributed by atoms with E-state index in [-0.39, 0.29) is 5.91 Å². The van der Waals surface area contributed by atoms with Crippen LogP contribution >= 0.6 is 0 Å². The molecule has 1 aliphatic rings. The minimum Gasteiger partial charge on any atom is -0.343 e. The number of amides is 1. The zero-order valence-electron chi connectivity index (χ0n) is 10.1. The SMILES string of the molecule is C#CCC(N)C(=O)N(C)CC1CCCN1C. The molecule has 4 nitrogen and oxygen atoms in total. The van der Waals surface area contributed by atoms with Crippen molar-refractivity contribution >= 4 is 5.91 Å². The van der Waals surface area contributed by atoms with Crippen molar-refractivity contribution in [2.24, 2.45) is 5.73 Å². The maximum atomic E-state index is 11.8. The summed E-state index contributed by atoms with van der Waals surface area (Å²) in [4.78, 5) is 15.8. The van der Waals surface area contributed by atoms with Crippen LogP contribution in [0.3, 0.4) is 0 Å². The van der Waals surface area contributed by atoms with Crippen LogP contribution in [0.15, 0.2) is 0 Å². The van der Waals surface area contributed by atoms with Gasteiger partial charge in [-0.1, -0.05) is 0 Å². The van der Waals surface area contributed by atoms with Crippen LogP contribution in [0.1, 0.15) is 19.3 Å². The highest BCUT2D eigenvalue weighted by Crippen LogP contribution is 2.15. The minimum absolute atomic E-state index is 0.0572. The Kier molecular flexibility index (Phi) is 4.78. The molecule has 1 saturated heterocycles. The standard InChI is InChI=1S/C12H21N3O/c1-4-6-11(13)12(16)15(3)9-10-7-5-8-14(10)2/h1,10-11H,5-9,13H2,2-3H3. The first-order valence-corrected chi connectivity index (χ1v) is 5.70. The van der Waals surface area contributed by atoms with E-state index in [1.54, 1.807) is 11.9 Å². The van der Waals surface area contributed by atoms with Gasteiger partial charge < -0.3 is 15.5 Å². The summed E-state index contributed by atoms with van der Waals surface area (Å²) in [5.41, 5.74) is 5.69. The molecule has 0 radical (unpaired) electrons. The van der Waals surface area contributed by atoms with Gasteiger partial charge in [0.05, 0.1) is 6.04 Å². The van der Waals surface area contributed by atoms with Crippen LogP contribution in [0, 0.1) is 12.3 Å². The second-order valence-corrected chi connectivity index (χ2v) is 4.51. The van der Waals surface area contributed by atoms with E-state index in [2.05, 4.69) is 17.9 Å². The Hall–Kier alpha value is -1.05. The Bertz CT molecular complexity index is 284. The fourth-order valence-corrected chi connectivity index (χ4v) is 2.11. The minimum atomic E-state index is -0.554. The lowest BCUT2D eigenvalue weighted by Crippen LogP contribution is -2.46. The van der Waals surface area contributed by atoms with E-state index < -0.39 is 6.04 Å². The number of carbonyl (C=O) groups is 1. The fraction of sp³-hybridized carbons (Fsp3) is 0.750. The summed E-state index contributed by atoms with van der Waals surface area (Å²) >= 11 is 0. The lowest BCUT2D eigenvalue weighted by atomic mass is 10.1. The van der Waals surface area contributed by atoms with E-state index in [1.165, 1.54) is 6.42 Å². The predicted molar refractivity (Wildman–Crippen MR) is 64.7 cm³/mol. The van der Waals surface area contributed by atoms with Crippen molar-refractivity contribution in [1.29, 1.82) is 0 Å². The summed E-state index contributed by atoms with van der Waals surface area (Å²) in [6.07, 6.45) is 7.81. The van der Waals surface area contributed by atoms with Gasteiger partial charge in [0.2, 0.25) is 5.91 Å². The van der Waals surface area contributed by atoms with Crippen LogP contribution in [0.25, 0.3) is 0 Å². The number of likely N-dealkylation sites (N-methyl/N-ethyl adjacent to an activating group) is 2. The zero-order valence-corrected chi connectivity index (χ0v) is 10.1. The third kappa shape index (κ3) is 3.22. The second kappa shape index (κ2) is 5.88. The molecule has 4 heteroatoms. The molecule has 90 valence electrons. The van der Waals surface area contributed by atoms with Gasteiger partial charge in [-0.2, -0.15) is 0 Å². The molecule has 0 aromatic carbocycles. The van der Waals surface area contributed by atoms with Gasteiger partial charge in [0, 0.05) is 26.1 Å². The molecule has 1 amide bonds. The molecule has 2 N–H and O–H groups in total. The maximum absolute atomic E-state index is 11.8. The van der Waals surface area contributed by atoms with Crippen molar-refractivity contribution in [3.05, 3.63) is 0 Å². The second-order valence-electron chi connectivity index (χ2n) is 4.51.